The Hall–Kier alpha value is -4.98. The van der Waals surface area contributed by atoms with E-state index in [0.717, 1.165) is 38.2 Å². The summed E-state index contributed by atoms with van der Waals surface area (Å²) in [7, 11) is 0. The van der Waals surface area contributed by atoms with Gasteiger partial charge >= 0.3 is 5.97 Å². The highest BCUT2D eigenvalue weighted by atomic mass is 35.5. The summed E-state index contributed by atoms with van der Waals surface area (Å²) in [5.41, 5.74) is 3.24. The monoisotopic (exact) mass is 644 g/mol. The number of rotatable bonds is 7. The van der Waals surface area contributed by atoms with Gasteiger partial charge in [0, 0.05) is 10.6 Å². The third-order valence-corrected chi connectivity index (χ3v) is 9.38. The molecule has 0 spiro atoms. The van der Waals surface area contributed by atoms with Crippen LogP contribution in [0.15, 0.2) is 124 Å². The van der Waals surface area contributed by atoms with Gasteiger partial charge in [-0.25, -0.2) is 9.79 Å². The molecule has 1 aromatic heterocycles. The van der Waals surface area contributed by atoms with E-state index in [1.165, 1.54) is 11.3 Å². The van der Waals surface area contributed by atoms with E-state index in [9.17, 15) is 9.59 Å². The predicted molar refractivity (Wildman–Crippen MR) is 184 cm³/mol. The van der Waals surface area contributed by atoms with Crippen molar-refractivity contribution in [3.8, 4) is 5.75 Å². The van der Waals surface area contributed by atoms with Gasteiger partial charge in [-0.2, -0.15) is 0 Å². The molecule has 2 heterocycles. The summed E-state index contributed by atoms with van der Waals surface area (Å²) in [6.45, 7) is 4.12. The zero-order valence-electron chi connectivity index (χ0n) is 25.2. The summed E-state index contributed by atoms with van der Waals surface area (Å²) in [6, 6.07) is 32.7. The highest BCUT2D eigenvalue weighted by molar-refractivity contribution is 7.07. The zero-order valence-corrected chi connectivity index (χ0v) is 26.8. The van der Waals surface area contributed by atoms with Gasteiger partial charge in [-0.05, 0) is 70.8 Å². The highest BCUT2D eigenvalue weighted by Crippen LogP contribution is 2.35. The van der Waals surface area contributed by atoms with Gasteiger partial charge in [0.1, 0.15) is 12.4 Å². The van der Waals surface area contributed by atoms with E-state index in [1.807, 2.05) is 109 Å². The molecule has 6 aromatic rings. The number of thiazole rings is 1. The quantitative estimate of drug-likeness (QED) is 0.171. The fourth-order valence-corrected chi connectivity index (χ4v) is 7.15. The zero-order chi connectivity index (χ0) is 31.8. The van der Waals surface area contributed by atoms with Gasteiger partial charge in [0.25, 0.3) is 5.56 Å². The van der Waals surface area contributed by atoms with Crippen LogP contribution in [0, 0.1) is 0 Å². The first-order valence-electron chi connectivity index (χ1n) is 15.0. The predicted octanol–water partition coefficient (Wildman–Crippen LogP) is 7.34. The summed E-state index contributed by atoms with van der Waals surface area (Å²) in [5, 5.41) is 4.60. The van der Waals surface area contributed by atoms with Gasteiger partial charge in [-0.15, -0.1) is 0 Å². The van der Waals surface area contributed by atoms with Crippen LogP contribution in [0.5, 0.6) is 5.75 Å². The van der Waals surface area contributed by atoms with Crippen LogP contribution >= 0.6 is 22.9 Å². The van der Waals surface area contributed by atoms with Crippen molar-refractivity contribution in [1.82, 2.24) is 4.57 Å². The van der Waals surface area contributed by atoms with Crippen LogP contribution in [0.2, 0.25) is 5.02 Å². The molecule has 46 heavy (non-hydrogen) atoms. The Morgan fingerprint density at radius 1 is 0.913 bits per heavy atom. The first-order valence-corrected chi connectivity index (χ1v) is 16.2. The molecule has 0 fully saturated rings. The van der Waals surface area contributed by atoms with E-state index in [4.69, 9.17) is 26.1 Å². The lowest BCUT2D eigenvalue weighted by atomic mass is 9.91. The van der Waals surface area contributed by atoms with E-state index in [-0.39, 0.29) is 12.2 Å². The second kappa shape index (κ2) is 12.4. The Kier molecular flexibility index (Phi) is 8.03. The van der Waals surface area contributed by atoms with Gasteiger partial charge in [-0.1, -0.05) is 108 Å². The number of hydrogen-bond acceptors (Lipinski definition) is 6. The number of nitrogens with zero attached hydrogens (tertiary/aromatic N) is 2. The fourth-order valence-electron chi connectivity index (χ4n) is 6.00. The van der Waals surface area contributed by atoms with Gasteiger partial charge in [0.05, 0.1) is 28.5 Å². The third kappa shape index (κ3) is 5.42. The van der Waals surface area contributed by atoms with Crippen molar-refractivity contribution in [2.24, 2.45) is 4.99 Å². The van der Waals surface area contributed by atoms with Crippen LogP contribution < -0.4 is 19.6 Å². The summed E-state index contributed by atoms with van der Waals surface area (Å²) >= 11 is 7.38. The number of fused-ring (bicyclic) bond motifs is 3. The van der Waals surface area contributed by atoms with Crippen LogP contribution in [-0.2, 0) is 16.1 Å². The smallest absolute Gasteiger partial charge is 0.338 e. The van der Waals surface area contributed by atoms with Crippen molar-refractivity contribution < 1.29 is 14.3 Å². The van der Waals surface area contributed by atoms with Crippen molar-refractivity contribution in [3.63, 3.8) is 0 Å². The van der Waals surface area contributed by atoms with Gasteiger partial charge < -0.3 is 9.47 Å². The number of halogens is 1. The van der Waals surface area contributed by atoms with Crippen molar-refractivity contribution in [2.45, 2.75) is 26.5 Å². The van der Waals surface area contributed by atoms with Crippen molar-refractivity contribution >= 4 is 56.5 Å². The van der Waals surface area contributed by atoms with Crippen molar-refractivity contribution in [1.29, 1.82) is 0 Å². The first kappa shape index (κ1) is 29.7. The maximum absolute atomic E-state index is 14.5. The lowest BCUT2D eigenvalue weighted by Gasteiger charge is -2.25. The molecule has 0 unspecified atom stereocenters. The topological polar surface area (TPSA) is 69.9 Å². The second-order valence-corrected chi connectivity index (χ2v) is 12.4. The minimum atomic E-state index is -0.711. The minimum Gasteiger partial charge on any atom is -0.488 e. The molecule has 0 saturated carbocycles. The Labute approximate surface area is 274 Å². The number of ether oxygens (including phenoxy) is 2. The van der Waals surface area contributed by atoms with Crippen LogP contribution in [0.25, 0.3) is 27.6 Å². The molecule has 1 aliphatic rings. The lowest BCUT2D eigenvalue weighted by molar-refractivity contribution is -0.139. The number of carbonyl (C=O) groups excluding carboxylic acids is 1. The molecule has 228 valence electrons. The van der Waals surface area contributed by atoms with Crippen molar-refractivity contribution in [2.75, 3.05) is 6.61 Å². The largest absolute Gasteiger partial charge is 0.488 e. The Bertz CT molecular complexity index is 2350. The molecule has 0 saturated heterocycles. The number of aromatic nitrogens is 1. The standard InChI is InChI=1S/C38H29ClN2O4S/c1-3-44-37(43)34-23(2)40-38-41(35(34)30-14-8-11-25-9-4-6-12-28(25)30)36(42)33(46-38)21-31-29-13-7-5-10-26(29)17-20-32(31)45-22-24-15-18-27(39)19-16-24/h4-21,35H,3,22H2,1-2H3/b33-21+/t35-/m0/s1. The molecule has 0 bridgehead atoms. The molecule has 0 amide bonds. The fraction of sp³-hybridized carbons (Fsp3) is 0.132. The van der Waals surface area contributed by atoms with Crippen LogP contribution in [0.4, 0.5) is 0 Å². The van der Waals surface area contributed by atoms with Crippen LogP contribution in [0.1, 0.15) is 36.6 Å². The maximum atomic E-state index is 14.5. The number of benzene rings is 5. The summed E-state index contributed by atoms with van der Waals surface area (Å²) in [6.07, 6.45) is 1.88. The number of allylic oxidation sites excluding steroid dienone is 1. The summed E-state index contributed by atoms with van der Waals surface area (Å²) < 4.78 is 14.0. The van der Waals surface area contributed by atoms with Gasteiger partial charge in [0.2, 0.25) is 0 Å². The molecule has 0 N–H and O–H groups in total. The molecule has 1 atom stereocenters. The molecular weight excluding hydrogens is 616 g/mol. The third-order valence-electron chi connectivity index (χ3n) is 8.15. The Balaban J connectivity index is 1.43. The first-order chi connectivity index (χ1) is 22.4. The Morgan fingerprint density at radius 2 is 1.61 bits per heavy atom. The normalized spacial score (nSPS) is 14.8. The van der Waals surface area contributed by atoms with Crippen LogP contribution in [-0.4, -0.2) is 17.1 Å². The van der Waals surface area contributed by atoms with Gasteiger partial charge in [-0.3, -0.25) is 9.36 Å². The lowest BCUT2D eigenvalue weighted by Crippen LogP contribution is -2.40. The van der Waals surface area contributed by atoms with E-state index >= 15 is 0 Å². The number of carbonyl (C=O) groups is 1. The average Bonchev–Trinajstić information content (AvgIpc) is 3.38. The molecular formula is C38H29ClN2O4S. The summed E-state index contributed by atoms with van der Waals surface area (Å²) in [5.74, 6) is 0.163. The molecule has 8 heteroatoms. The Morgan fingerprint density at radius 3 is 2.37 bits per heavy atom. The molecule has 0 radical (unpaired) electrons. The molecule has 6 nitrogen and oxygen atoms in total. The number of hydrogen-bond donors (Lipinski definition) is 0. The van der Waals surface area contributed by atoms with E-state index in [1.54, 1.807) is 18.4 Å². The molecule has 5 aromatic carbocycles. The average molecular weight is 645 g/mol. The van der Waals surface area contributed by atoms with E-state index < -0.39 is 12.0 Å². The second-order valence-electron chi connectivity index (χ2n) is 11.0. The maximum Gasteiger partial charge on any atom is 0.338 e. The molecule has 0 aliphatic carbocycles. The SMILES string of the molecule is CCOC(=O)C1=C(C)N=c2s/c(=C/c3c(OCc4ccc(Cl)cc4)ccc4ccccc34)c(=O)n2[C@H]1c1cccc2ccccc12. The minimum absolute atomic E-state index is 0.210. The van der Waals surface area contributed by atoms with E-state index in [0.29, 0.717) is 38.0 Å². The molecule has 7 rings (SSSR count). The summed E-state index contributed by atoms with van der Waals surface area (Å²) in [4.78, 5) is 33.2. The van der Waals surface area contributed by atoms with Gasteiger partial charge in [0.15, 0.2) is 4.80 Å². The molecule has 1 aliphatic heterocycles. The van der Waals surface area contributed by atoms with Crippen molar-refractivity contribution in [3.05, 3.63) is 156 Å². The van der Waals surface area contributed by atoms with Crippen LogP contribution in [0.3, 0.4) is 0 Å². The van der Waals surface area contributed by atoms with E-state index in [2.05, 4.69) is 0 Å². The highest BCUT2D eigenvalue weighted by Gasteiger charge is 2.34. The number of esters is 1.